The molecule has 4 aromatic rings. The normalized spacial score (nSPS) is 17.0. The maximum absolute atomic E-state index is 13.6. The summed E-state index contributed by atoms with van der Waals surface area (Å²) in [5.74, 6) is 1.15. The average molecular weight is 580 g/mol. The molecule has 0 unspecified atom stereocenters. The molecule has 2 atom stereocenters. The van der Waals surface area contributed by atoms with Gasteiger partial charge in [0.25, 0.3) is 17.4 Å². The van der Waals surface area contributed by atoms with Gasteiger partial charge < -0.3 is 29.6 Å². The van der Waals surface area contributed by atoms with E-state index >= 15 is 0 Å². The zero-order valence-electron chi connectivity index (χ0n) is 24.3. The molecule has 2 aromatic carbocycles. The first-order valence-electron chi connectivity index (χ1n) is 14.2. The Morgan fingerprint density at radius 1 is 0.837 bits per heavy atom. The standard InChI is InChI=1S/C33H33N5O5/c1-20-6-4-8-30(34-20)36-32(40)22-10-11-29(27(15-22)35-33(41)23-13-25(42-2)16-26(14-23)43-3)37-17-21-12-24(19-37)28-7-5-9-31(39)38(28)18-21/h4-11,13-16,21,24H,12,17-19H2,1-3H3,(H,35,41)(H,34,36,40)/t21-,24+/m1/s1. The maximum atomic E-state index is 13.6. The van der Waals surface area contributed by atoms with Gasteiger partial charge in [0.15, 0.2) is 0 Å². The fraction of sp³-hybridized carbons (Fsp3) is 0.273. The molecule has 0 saturated carbocycles. The lowest BCUT2D eigenvalue weighted by atomic mass is 9.83. The number of aromatic nitrogens is 2. The predicted octanol–water partition coefficient (Wildman–Crippen LogP) is 4.70. The quantitative estimate of drug-likeness (QED) is 0.326. The van der Waals surface area contributed by atoms with Gasteiger partial charge in [-0.2, -0.15) is 0 Å². The molecule has 2 aliphatic rings. The van der Waals surface area contributed by atoms with E-state index in [0.29, 0.717) is 53.8 Å². The lowest BCUT2D eigenvalue weighted by Crippen LogP contribution is -2.47. The number of nitrogens with one attached hydrogen (secondary N) is 2. The number of carbonyl (C=O) groups excluding carboxylic acids is 2. The van der Waals surface area contributed by atoms with E-state index in [4.69, 9.17) is 9.47 Å². The van der Waals surface area contributed by atoms with Crippen molar-refractivity contribution in [2.75, 3.05) is 42.8 Å². The summed E-state index contributed by atoms with van der Waals surface area (Å²) in [7, 11) is 3.05. The van der Waals surface area contributed by atoms with Crippen molar-refractivity contribution in [3.05, 3.63) is 106 Å². The van der Waals surface area contributed by atoms with E-state index in [9.17, 15) is 14.4 Å². The van der Waals surface area contributed by atoms with Crippen LogP contribution in [0, 0.1) is 12.8 Å². The van der Waals surface area contributed by atoms with Crippen LogP contribution in [0.1, 0.15) is 44.4 Å². The summed E-state index contributed by atoms with van der Waals surface area (Å²) in [4.78, 5) is 46.0. The van der Waals surface area contributed by atoms with Crippen LogP contribution in [0.15, 0.2) is 77.6 Å². The summed E-state index contributed by atoms with van der Waals surface area (Å²) in [5.41, 5.74) is 3.88. The minimum Gasteiger partial charge on any atom is -0.497 e. The van der Waals surface area contributed by atoms with Gasteiger partial charge in [0.2, 0.25) is 0 Å². The summed E-state index contributed by atoms with van der Waals surface area (Å²) in [5, 5.41) is 5.89. The van der Waals surface area contributed by atoms with Crippen LogP contribution in [0.4, 0.5) is 17.2 Å². The first kappa shape index (κ1) is 28.0. The van der Waals surface area contributed by atoms with Crippen LogP contribution in [0.5, 0.6) is 11.5 Å². The number of anilines is 3. The van der Waals surface area contributed by atoms with Crippen molar-refractivity contribution < 1.29 is 19.1 Å². The Kier molecular flexibility index (Phi) is 7.58. The van der Waals surface area contributed by atoms with Crippen LogP contribution in [0.25, 0.3) is 0 Å². The smallest absolute Gasteiger partial charge is 0.256 e. The van der Waals surface area contributed by atoms with Crippen molar-refractivity contribution >= 4 is 29.0 Å². The summed E-state index contributed by atoms with van der Waals surface area (Å²) < 4.78 is 12.6. The Labute approximate surface area is 249 Å². The molecule has 0 spiro atoms. The molecule has 2 aromatic heterocycles. The van der Waals surface area contributed by atoms with Gasteiger partial charge in [-0.05, 0) is 67.8 Å². The van der Waals surface area contributed by atoms with E-state index in [1.807, 2.05) is 41.8 Å². The highest BCUT2D eigenvalue weighted by atomic mass is 16.5. The molecule has 2 aliphatic heterocycles. The Morgan fingerprint density at radius 2 is 1.58 bits per heavy atom. The first-order valence-corrected chi connectivity index (χ1v) is 14.2. The number of pyridine rings is 2. The molecule has 6 rings (SSSR count). The van der Waals surface area contributed by atoms with Gasteiger partial charge in [-0.3, -0.25) is 14.4 Å². The van der Waals surface area contributed by atoms with Gasteiger partial charge in [0.1, 0.15) is 17.3 Å². The number of hydrogen-bond acceptors (Lipinski definition) is 7. The fourth-order valence-corrected chi connectivity index (χ4v) is 6.08. The number of ether oxygens (including phenoxy) is 2. The number of aryl methyl sites for hydroxylation is 1. The largest absolute Gasteiger partial charge is 0.497 e. The van der Waals surface area contributed by atoms with E-state index in [0.717, 1.165) is 23.5 Å². The van der Waals surface area contributed by atoms with E-state index < -0.39 is 0 Å². The number of rotatable bonds is 7. The molecule has 2 N–H and O–H groups in total. The summed E-state index contributed by atoms with van der Waals surface area (Å²) in [6.45, 7) is 3.89. The molecule has 4 heterocycles. The molecule has 1 saturated heterocycles. The number of fused-ring (bicyclic) bond motifs is 4. The minimum absolute atomic E-state index is 0.0285. The van der Waals surface area contributed by atoms with Crippen molar-refractivity contribution in [1.29, 1.82) is 0 Å². The molecule has 2 amide bonds. The maximum Gasteiger partial charge on any atom is 0.256 e. The number of amides is 2. The average Bonchev–Trinajstić information content (AvgIpc) is 3.01. The zero-order valence-corrected chi connectivity index (χ0v) is 24.3. The van der Waals surface area contributed by atoms with E-state index in [1.165, 1.54) is 14.2 Å². The molecule has 220 valence electrons. The Bertz CT molecular complexity index is 1740. The number of methoxy groups -OCH3 is 2. The number of carbonyl (C=O) groups is 2. The first-order chi connectivity index (χ1) is 20.8. The minimum atomic E-state index is -0.370. The zero-order chi connectivity index (χ0) is 30.1. The van der Waals surface area contributed by atoms with Gasteiger partial charge >= 0.3 is 0 Å². The Balaban J connectivity index is 1.34. The van der Waals surface area contributed by atoms with Gasteiger partial charge in [-0.1, -0.05) is 12.1 Å². The third-order valence-corrected chi connectivity index (χ3v) is 8.07. The van der Waals surface area contributed by atoms with Gasteiger partial charge in [0.05, 0.1) is 25.6 Å². The molecule has 10 heteroatoms. The molecule has 1 fully saturated rings. The number of benzene rings is 2. The lowest BCUT2D eigenvalue weighted by molar-refractivity contribution is 0.101. The van der Waals surface area contributed by atoms with Crippen LogP contribution in [-0.2, 0) is 6.54 Å². The second-order valence-corrected chi connectivity index (χ2v) is 11.0. The number of nitrogens with zero attached hydrogens (tertiary/aromatic N) is 3. The lowest BCUT2D eigenvalue weighted by Gasteiger charge is -2.44. The highest BCUT2D eigenvalue weighted by molar-refractivity contribution is 6.09. The van der Waals surface area contributed by atoms with E-state index in [2.05, 4.69) is 20.5 Å². The molecule has 0 radical (unpaired) electrons. The summed E-state index contributed by atoms with van der Waals surface area (Å²) in [6, 6.07) is 21.2. The van der Waals surface area contributed by atoms with Crippen molar-refractivity contribution in [3.63, 3.8) is 0 Å². The van der Waals surface area contributed by atoms with Crippen LogP contribution in [0.3, 0.4) is 0 Å². The van der Waals surface area contributed by atoms with Crippen molar-refractivity contribution in [2.45, 2.75) is 25.8 Å². The Morgan fingerprint density at radius 3 is 2.33 bits per heavy atom. The summed E-state index contributed by atoms with van der Waals surface area (Å²) >= 11 is 0. The highest BCUT2D eigenvalue weighted by Gasteiger charge is 2.35. The predicted molar refractivity (Wildman–Crippen MR) is 165 cm³/mol. The van der Waals surface area contributed by atoms with E-state index in [1.54, 1.807) is 42.5 Å². The monoisotopic (exact) mass is 579 g/mol. The van der Waals surface area contributed by atoms with Gasteiger partial charge in [-0.25, -0.2) is 4.98 Å². The third-order valence-electron chi connectivity index (χ3n) is 8.07. The number of hydrogen-bond donors (Lipinski definition) is 2. The molecule has 2 bridgehead atoms. The van der Waals surface area contributed by atoms with Crippen molar-refractivity contribution in [3.8, 4) is 11.5 Å². The SMILES string of the molecule is COc1cc(OC)cc(C(=O)Nc2cc(C(=O)Nc3cccc(C)n3)ccc2N2C[C@H]3C[C@@H](C2)c2cccc(=O)n2C3)c1. The highest BCUT2D eigenvalue weighted by Crippen LogP contribution is 2.39. The van der Waals surface area contributed by atoms with Crippen LogP contribution in [-0.4, -0.2) is 48.7 Å². The van der Waals surface area contributed by atoms with Crippen LogP contribution in [0.2, 0.25) is 0 Å². The van der Waals surface area contributed by atoms with E-state index in [-0.39, 0.29) is 29.2 Å². The van der Waals surface area contributed by atoms with Crippen molar-refractivity contribution in [1.82, 2.24) is 9.55 Å². The van der Waals surface area contributed by atoms with Crippen LogP contribution >= 0.6 is 0 Å². The van der Waals surface area contributed by atoms with Crippen LogP contribution < -0.4 is 30.6 Å². The topological polar surface area (TPSA) is 115 Å². The third kappa shape index (κ3) is 5.81. The molecule has 43 heavy (non-hydrogen) atoms. The molecular weight excluding hydrogens is 546 g/mol. The second-order valence-electron chi connectivity index (χ2n) is 11.0. The van der Waals surface area contributed by atoms with Gasteiger partial charge in [0, 0.05) is 60.2 Å². The Hall–Kier alpha value is -5.12. The summed E-state index contributed by atoms with van der Waals surface area (Å²) in [6.07, 6.45) is 0.995. The van der Waals surface area contributed by atoms with Gasteiger partial charge in [-0.15, -0.1) is 0 Å². The molecule has 0 aliphatic carbocycles. The van der Waals surface area contributed by atoms with Crippen molar-refractivity contribution in [2.24, 2.45) is 5.92 Å². The number of piperidine rings is 1. The molecule has 10 nitrogen and oxygen atoms in total. The second kappa shape index (κ2) is 11.6. The fourth-order valence-electron chi connectivity index (χ4n) is 6.08. The molecular formula is C33H33N5O5.